The maximum Gasteiger partial charge on any atom is 0.337 e. The molecule has 1 amide bonds. The number of amides is 1. The van der Waals surface area contributed by atoms with Crippen molar-refractivity contribution in [3.63, 3.8) is 0 Å². The van der Waals surface area contributed by atoms with E-state index < -0.39 is 29.5 Å². The molecule has 168 valence electrons. The minimum absolute atomic E-state index is 0.0562. The monoisotopic (exact) mass is 458 g/mol. The Balaban J connectivity index is 2.17. The number of methoxy groups -OCH3 is 1. The number of hydrogen-bond donors (Lipinski definition) is 2. The molecule has 0 spiro atoms. The number of phenols is 1. The smallest absolute Gasteiger partial charge is 0.337 e. The SMILES string of the molecule is COC(=O)c1ccc(C2C(=C(O)c3cc(Cl)ccc3O)C(=O)C(=O)N2CCN(C)C)cc1. The van der Waals surface area contributed by atoms with E-state index in [4.69, 9.17) is 16.3 Å². The zero-order valence-corrected chi connectivity index (χ0v) is 18.6. The van der Waals surface area contributed by atoms with Crippen LogP contribution in [0.3, 0.4) is 0 Å². The van der Waals surface area contributed by atoms with Gasteiger partial charge in [-0.15, -0.1) is 0 Å². The summed E-state index contributed by atoms with van der Waals surface area (Å²) < 4.78 is 4.71. The lowest BCUT2D eigenvalue weighted by Crippen LogP contribution is -2.35. The first-order valence-electron chi connectivity index (χ1n) is 9.76. The number of esters is 1. The second kappa shape index (κ2) is 9.42. The minimum atomic E-state index is -0.917. The number of aliphatic hydroxyl groups is 1. The molecule has 32 heavy (non-hydrogen) atoms. The quantitative estimate of drug-likeness (QED) is 0.296. The van der Waals surface area contributed by atoms with Gasteiger partial charge in [-0.3, -0.25) is 9.59 Å². The first-order valence-corrected chi connectivity index (χ1v) is 10.1. The van der Waals surface area contributed by atoms with Gasteiger partial charge in [0.1, 0.15) is 11.5 Å². The zero-order chi connectivity index (χ0) is 23.6. The third-order valence-electron chi connectivity index (χ3n) is 5.19. The fraction of sp³-hybridized carbons (Fsp3) is 0.261. The number of aromatic hydroxyl groups is 1. The van der Waals surface area contributed by atoms with Crippen LogP contribution >= 0.6 is 11.6 Å². The molecule has 0 aromatic heterocycles. The normalized spacial score (nSPS) is 17.8. The number of benzene rings is 2. The first kappa shape index (κ1) is 23.3. The highest BCUT2D eigenvalue weighted by Gasteiger charge is 2.46. The van der Waals surface area contributed by atoms with Crippen LogP contribution in [0.2, 0.25) is 5.02 Å². The Bertz CT molecular complexity index is 1090. The lowest BCUT2D eigenvalue weighted by Gasteiger charge is -2.26. The number of rotatable bonds is 6. The van der Waals surface area contributed by atoms with Crippen LogP contribution in [0.25, 0.3) is 5.76 Å². The number of likely N-dealkylation sites (N-methyl/N-ethyl adjacent to an activating group) is 1. The van der Waals surface area contributed by atoms with E-state index in [1.807, 2.05) is 19.0 Å². The van der Waals surface area contributed by atoms with Gasteiger partial charge in [0.15, 0.2) is 0 Å². The number of carbonyl (C=O) groups is 3. The highest BCUT2D eigenvalue weighted by atomic mass is 35.5. The summed E-state index contributed by atoms with van der Waals surface area (Å²) in [4.78, 5) is 40.8. The summed E-state index contributed by atoms with van der Waals surface area (Å²) >= 11 is 6.00. The first-order chi connectivity index (χ1) is 15.1. The lowest BCUT2D eigenvalue weighted by atomic mass is 9.94. The van der Waals surface area contributed by atoms with E-state index in [1.54, 1.807) is 12.1 Å². The number of ketones is 1. The predicted molar refractivity (Wildman–Crippen MR) is 118 cm³/mol. The van der Waals surface area contributed by atoms with Crippen molar-refractivity contribution >= 4 is 35.0 Å². The average Bonchev–Trinajstić information content (AvgIpc) is 3.03. The average molecular weight is 459 g/mol. The van der Waals surface area contributed by atoms with Gasteiger partial charge in [0.25, 0.3) is 11.7 Å². The molecule has 1 fully saturated rings. The van der Waals surface area contributed by atoms with Crippen LogP contribution in [0.4, 0.5) is 0 Å². The van der Waals surface area contributed by atoms with E-state index in [1.165, 1.54) is 42.3 Å². The maximum absolute atomic E-state index is 13.0. The van der Waals surface area contributed by atoms with Crippen LogP contribution in [0, 0.1) is 0 Å². The standard InChI is InChI=1S/C23H23ClN2O6/c1-25(2)10-11-26-19(13-4-6-14(7-5-13)23(31)32-3)18(21(29)22(26)30)20(28)16-12-15(24)8-9-17(16)27/h4-9,12,19,27-28H,10-11H2,1-3H3. The van der Waals surface area contributed by atoms with Gasteiger partial charge in [0.05, 0.1) is 29.9 Å². The summed E-state index contributed by atoms with van der Waals surface area (Å²) in [5.74, 6) is -2.98. The molecule has 8 nitrogen and oxygen atoms in total. The molecule has 1 heterocycles. The number of phenolic OH excluding ortho intramolecular Hbond substituents is 1. The fourth-order valence-corrected chi connectivity index (χ4v) is 3.70. The van der Waals surface area contributed by atoms with Crippen molar-refractivity contribution in [3.8, 4) is 5.75 Å². The minimum Gasteiger partial charge on any atom is -0.507 e. The number of Topliss-reactive ketones (excluding diaryl/α,β-unsaturated/α-hetero) is 1. The Labute approximate surface area is 190 Å². The second-order valence-corrected chi connectivity index (χ2v) is 8.01. The van der Waals surface area contributed by atoms with Gasteiger partial charge < -0.3 is 24.7 Å². The van der Waals surface area contributed by atoms with Crippen LogP contribution in [0.1, 0.15) is 27.5 Å². The van der Waals surface area contributed by atoms with Crippen LogP contribution in [0.15, 0.2) is 48.0 Å². The van der Waals surface area contributed by atoms with Gasteiger partial charge in [-0.2, -0.15) is 0 Å². The Hall–Kier alpha value is -3.36. The second-order valence-electron chi connectivity index (χ2n) is 7.57. The molecular formula is C23H23ClN2O6. The van der Waals surface area contributed by atoms with Crippen molar-refractivity contribution in [2.45, 2.75) is 6.04 Å². The van der Waals surface area contributed by atoms with E-state index in [2.05, 4.69) is 0 Å². The Morgan fingerprint density at radius 1 is 1.16 bits per heavy atom. The van der Waals surface area contributed by atoms with Crippen LogP contribution < -0.4 is 0 Å². The number of halogens is 1. The predicted octanol–water partition coefficient (Wildman–Crippen LogP) is 2.82. The van der Waals surface area contributed by atoms with Crippen molar-refractivity contribution in [1.29, 1.82) is 0 Å². The molecule has 2 N–H and O–H groups in total. The maximum atomic E-state index is 13.0. The molecule has 2 aromatic carbocycles. The van der Waals surface area contributed by atoms with Gasteiger partial charge in [-0.1, -0.05) is 23.7 Å². The molecule has 1 aliphatic heterocycles. The van der Waals surface area contributed by atoms with Crippen LogP contribution in [-0.4, -0.2) is 72.0 Å². The molecular weight excluding hydrogens is 436 g/mol. The largest absolute Gasteiger partial charge is 0.507 e. The van der Waals surface area contributed by atoms with Crippen molar-refractivity contribution < 1.29 is 29.3 Å². The van der Waals surface area contributed by atoms with Crippen molar-refractivity contribution in [2.24, 2.45) is 0 Å². The van der Waals surface area contributed by atoms with Gasteiger partial charge >= 0.3 is 5.97 Å². The Kier molecular flexibility index (Phi) is 6.86. The molecule has 1 unspecified atom stereocenters. The molecule has 0 bridgehead atoms. The van der Waals surface area contributed by atoms with Gasteiger partial charge in [0.2, 0.25) is 0 Å². The van der Waals surface area contributed by atoms with Crippen LogP contribution in [0.5, 0.6) is 5.75 Å². The number of nitrogens with zero attached hydrogens (tertiary/aromatic N) is 2. The molecule has 0 aliphatic carbocycles. The van der Waals surface area contributed by atoms with E-state index in [-0.39, 0.29) is 28.5 Å². The van der Waals surface area contributed by atoms with E-state index >= 15 is 0 Å². The third-order valence-corrected chi connectivity index (χ3v) is 5.42. The number of aliphatic hydroxyl groups excluding tert-OH is 1. The Morgan fingerprint density at radius 2 is 1.81 bits per heavy atom. The summed E-state index contributed by atoms with van der Waals surface area (Å²) in [6.45, 7) is 0.700. The van der Waals surface area contributed by atoms with E-state index in [9.17, 15) is 24.6 Å². The van der Waals surface area contributed by atoms with Crippen molar-refractivity contribution in [1.82, 2.24) is 9.80 Å². The van der Waals surface area contributed by atoms with Crippen molar-refractivity contribution in [3.05, 3.63) is 69.8 Å². The number of ether oxygens (including phenoxy) is 1. The van der Waals surface area contributed by atoms with Crippen LogP contribution in [-0.2, 0) is 14.3 Å². The summed E-state index contributed by atoms with van der Waals surface area (Å²) in [5, 5.41) is 21.5. The highest BCUT2D eigenvalue weighted by Crippen LogP contribution is 2.41. The highest BCUT2D eigenvalue weighted by molar-refractivity contribution is 6.46. The summed E-state index contributed by atoms with van der Waals surface area (Å²) in [7, 11) is 4.94. The zero-order valence-electron chi connectivity index (χ0n) is 17.8. The molecule has 1 aliphatic rings. The number of hydrogen-bond acceptors (Lipinski definition) is 7. The van der Waals surface area contributed by atoms with E-state index in [0.29, 0.717) is 17.7 Å². The van der Waals surface area contributed by atoms with Crippen molar-refractivity contribution in [2.75, 3.05) is 34.3 Å². The summed E-state index contributed by atoms with van der Waals surface area (Å²) in [5.41, 5.74) is 0.587. The lowest BCUT2D eigenvalue weighted by molar-refractivity contribution is -0.140. The fourth-order valence-electron chi connectivity index (χ4n) is 3.53. The summed E-state index contributed by atoms with van der Waals surface area (Å²) in [6.07, 6.45) is 0. The molecule has 1 saturated heterocycles. The topological polar surface area (TPSA) is 107 Å². The number of likely N-dealkylation sites (tertiary alicyclic amines) is 1. The molecule has 0 radical (unpaired) electrons. The number of carbonyl (C=O) groups excluding carboxylic acids is 3. The molecule has 2 aromatic rings. The van der Waals surface area contributed by atoms with Gasteiger partial charge in [0, 0.05) is 18.1 Å². The third kappa shape index (κ3) is 4.46. The van der Waals surface area contributed by atoms with Gasteiger partial charge in [-0.25, -0.2) is 4.79 Å². The molecule has 0 saturated carbocycles. The molecule has 3 rings (SSSR count). The van der Waals surface area contributed by atoms with E-state index in [0.717, 1.165) is 0 Å². The molecule has 1 atom stereocenters. The Morgan fingerprint density at radius 3 is 2.41 bits per heavy atom. The summed E-state index contributed by atoms with van der Waals surface area (Å²) in [6, 6.07) is 9.35. The molecule has 9 heteroatoms. The van der Waals surface area contributed by atoms with Gasteiger partial charge in [-0.05, 0) is 50.0 Å².